The fourth-order valence-corrected chi connectivity index (χ4v) is 6.04. The number of cyclic esters (lactones) is 1. The standard InChI is InChI=1S/C36H52O4/c1-7-11-12-13-14-21-35(38,8-2)22-19-29-15-16-31(24-27(29)5)36(9-3,10-4)32-17-18-33(28(6)25-32)40-26-30-20-23-39-34(30)37/h15-19,22,24-25,30,38H,7-14,20-21,23,26H2,1-6H3/t30?,35-/m0/s1. The van der Waals surface area contributed by atoms with Crippen LogP contribution in [0.15, 0.2) is 42.5 Å². The lowest BCUT2D eigenvalue weighted by Gasteiger charge is -2.34. The SMILES string of the molecule is CCCCCCC[C@](O)(C=Cc1ccc(C(CC)(CC)c2ccc(OCC3CCOC3=O)c(C)c2)cc1C)CC. The summed E-state index contributed by atoms with van der Waals surface area (Å²) in [7, 11) is 0. The van der Waals surface area contributed by atoms with Gasteiger partial charge in [-0.05, 0) is 79.8 Å². The van der Waals surface area contributed by atoms with Crippen LogP contribution in [-0.4, -0.2) is 29.9 Å². The number of rotatable bonds is 16. The number of hydrogen-bond acceptors (Lipinski definition) is 4. The molecule has 0 spiro atoms. The number of hydrogen-bond donors (Lipinski definition) is 1. The Bertz CT molecular complexity index is 1130. The Morgan fingerprint density at radius 2 is 1.60 bits per heavy atom. The van der Waals surface area contributed by atoms with Crippen LogP contribution in [0.3, 0.4) is 0 Å². The van der Waals surface area contributed by atoms with E-state index in [1.54, 1.807) is 0 Å². The average molecular weight is 549 g/mol. The Labute approximate surface area is 243 Å². The van der Waals surface area contributed by atoms with E-state index >= 15 is 0 Å². The molecule has 0 saturated carbocycles. The summed E-state index contributed by atoms with van der Waals surface area (Å²) in [5.74, 6) is 0.509. The first kappa shape index (κ1) is 31.9. The average Bonchev–Trinajstić information content (AvgIpc) is 3.37. The van der Waals surface area contributed by atoms with Gasteiger partial charge in [-0.3, -0.25) is 4.79 Å². The maximum absolute atomic E-state index is 11.8. The largest absolute Gasteiger partial charge is 0.492 e. The molecule has 0 radical (unpaired) electrons. The molecule has 2 aromatic rings. The van der Waals surface area contributed by atoms with Crippen LogP contribution in [0.2, 0.25) is 0 Å². The summed E-state index contributed by atoms with van der Waals surface area (Å²) in [6, 6.07) is 13.3. The first-order valence-electron chi connectivity index (χ1n) is 15.6. The number of unbranched alkanes of at least 4 members (excludes halogenated alkanes) is 4. The quantitative estimate of drug-likeness (QED) is 0.168. The van der Waals surface area contributed by atoms with Gasteiger partial charge in [-0.2, -0.15) is 0 Å². The van der Waals surface area contributed by atoms with E-state index in [1.807, 2.05) is 6.08 Å². The number of aryl methyl sites for hydroxylation is 2. The summed E-state index contributed by atoms with van der Waals surface area (Å²) in [6.45, 7) is 13.9. The summed E-state index contributed by atoms with van der Waals surface area (Å²) >= 11 is 0. The highest BCUT2D eigenvalue weighted by molar-refractivity contribution is 5.74. The minimum absolute atomic E-state index is 0.103. The first-order chi connectivity index (χ1) is 19.2. The van der Waals surface area contributed by atoms with E-state index in [0.29, 0.717) is 13.2 Å². The molecule has 0 aliphatic carbocycles. The molecule has 1 aliphatic rings. The molecule has 40 heavy (non-hydrogen) atoms. The molecule has 0 bridgehead atoms. The van der Waals surface area contributed by atoms with Crippen LogP contribution in [0.25, 0.3) is 6.08 Å². The van der Waals surface area contributed by atoms with Crippen molar-refractivity contribution in [1.82, 2.24) is 0 Å². The lowest BCUT2D eigenvalue weighted by Crippen LogP contribution is -2.26. The van der Waals surface area contributed by atoms with Gasteiger partial charge in [0.15, 0.2) is 0 Å². The molecule has 1 fully saturated rings. The van der Waals surface area contributed by atoms with Crippen LogP contribution in [0.1, 0.15) is 120 Å². The fraction of sp³-hybridized carbons (Fsp3) is 0.583. The topological polar surface area (TPSA) is 55.8 Å². The third kappa shape index (κ3) is 7.78. The molecular formula is C36H52O4. The molecule has 4 nitrogen and oxygen atoms in total. The summed E-state index contributed by atoms with van der Waals surface area (Å²) in [5, 5.41) is 11.2. The van der Waals surface area contributed by atoms with Gasteiger partial charge in [-0.25, -0.2) is 0 Å². The van der Waals surface area contributed by atoms with Crippen LogP contribution in [-0.2, 0) is 14.9 Å². The van der Waals surface area contributed by atoms with E-state index in [2.05, 4.69) is 84.0 Å². The molecule has 1 unspecified atom stereocenters. The Hall–Kier alpha value is -2.59. The second-order valence-corrected chi connectivity index (χ2v) is 11.8. The molecule has 0 amide bonds. The highest BCUT2D eigenvalue weighted by Gasteiger charge is 2.32. The van der Waals surface area contributed by atoms with E-state index in [9.17, 15) is 9.90 Å². The van der Waals surface area contributed by atoms with Crippen molar-refractivity contribution < 1.29 is 19.4 Å². The smallest absolute Gasteiger partial charge is 0.312 e. The third-order valence-electron chi connectivity index (χ3n) is 9.14. The first-order valence-corrected chi connectivity index (χ1v) is 15.6. The van der Waals surface area contributed by atoms with Gasteiger partial charge in [0.2, 0.25) is 0 Å². The molecule has 0 aromatic heterocycles. The maximum Gasteiger partial charge on any atom is 0.312 e. The number of esters is 1. The molecule has 1 heterocycles. The molecule has 2 aromatic carbocycles. The zero-order valence-corrected chi connectivity index (χ0v) is 25.9. The molecule has 4 heteroatoms. The molecule has 2 atom stereocenters. The van der Waals surface area contributed by atoms with Crippen molar-refractivity contribution >= 4 is 12.0 Å². The normalized spacial score (nSPS) is 17.3. The fourth-order valence-electron chi connectivity index (χ4n) is 6.04. The van der Waals surface area contributed by atoms with E-state index in [0.717, 1.165) is 55.4 Å². The van der Waals surface area contributed by atoms with Gasteiger partial charge in [0.1, 0.15) is 12.4 Å². The lowest BCUT2D eigenvalue weighted by atomic mass is 9.70. The van der Waals surface area contributed by atoms with E-state index < -0.39 is 5.60 Å². The van der Waals surface area contributed by atoms with Crippen molar-refractivity contribution in [2.75, 3.05) is 13.2 Å². The third-order valence-corrected chi connectivity index (χ3v) is 9.14. The Balaban J connectivity index is 1.77. The Morgan fingerprint density at radius 3 is 2.17 bits per heavy atom. The molecule has 1 N–H and O–H groups in total. The van der Waals surface area contributed by atoms with Crippen molar-refractivity contribution in [3.8, 4) is 5.75 Å². The summed E-state index contributed by atoms with van der Waals surface area (Å²) in [6.07, 6.45) is 14.4. The molecule has 1 aliphatic heterocycles. The second-order valence-electron chi connectivity index (χ2n) is 11.8. The van der Waals surface area contributed by atoms with E-state index in [1.165, 1.54) is 42.4 Å². The maximum atomic E-state index is 11.8. The van der Waals surface area contributed by atoms with Crippen LogP contribution in [0.5, 0.6) is 5.75 Å². The highest BCUT2D eigenvalue weighted by Crippen LogP contribution is 2.41. The van der Waals surface area contributed by atoms with E-state index in [4.69, 9.17) is 9.47 Å². The molecule has 1 saturated heterocycles. The Kier molecular flexibility index (Phi) is 11.9. The summed E-state index contributed by atoms with van der Waals surface area (Å²) in [4.78, 5) is 11.8. The summed E-state index contributed by atoms with van der Waals surface area (Å²) < 4.78 is 11.1. The van der Waals surface area contributed by atoms with Gasteiger partial charge in [0.25, 0.3) is 0 Å². The van der Waals surface area contributed by atoms with Crippen molar-refractivity contribution in [2.24, 2.45) is 5.92 Å². The van der Waals surface area contributed by atoms with Crippen molar-refractivity contribution in [3.63, 3.8) is 0 Å². The van der Waals surface area contributed by atoms with Gasteiger partial charge < -0.3 is 14.6 Å². The molecule has 220 valence electrons. The van der Waals surface area contributed by atoms with Crippen LogP contribution < -0.4 is 4.74 Å². The van der Waals surface area contributed by atoms with Crippen LogP contribution in [0.4, 0.5) is 0 Å². The zero-order valence-electron chi connectivity index (χ0n) is 25.9. The number of carbonyl (C=O) groups excluding carboxylic acids is 1. The zero-order chi connectivity index (χ0) is 29.2. The van der Waals surface area contributed by atoms with Gasteiger partial charge in [-0.1, -0.05) is 102 Å². The molecular weight excluding hydrogens is 496 g/mol. The second kappa shape index (κ2) is 14.9. The number of carbonyl (C=O) groups is 1. The van der Waals surface area contributed by atoms with Gasteiger partial charge in [0, 0.05) is 5.41 Å². The Morgan fingerprint density at radius 1 is 0.925 bits per heavy atom. The minimum Gasteiger partial charge on any atom is -0.492 e. The van der Waals surface area contributed by atoms with Crippen molar-refractivity contribution in [3.05, 3.63) is 70.3 Å². The van der Waals surface area contributed by atoms with Crippen LogP contribution in [0, 0.1) is 19.8 Å². The van der Waals surface area contributed by atoms with Crippen molar-refractivity contribution in [1.29, 1.82) is 0 Å². The van der Waals surface area contributed by atoms with E-state index in [-0.39, 0.29) is 17.3 Å². The van der Waals surface area contributed by atoms with Gasteiger partial charge >= 0.3 is 5.97 Å². The van der Waals surface area contributed by atoms with Gasteiger partial charge in [-0.15, -0.1) is 0 Å². The minimum atomic E-state index is -0.743. The van der Waals surface area contributed by atoms with Crippen LogP contribution >= 0.6 is 0 Å². The number of benzene rings is 2. The summed E-state index contributed by atoms with van der Waals surface area (Å²) in [5.41, 5.74) is 5.22. The number of ether oxygens (including phenoxy) is 2. The monoisotopic (exact) mass is 548 g/mol. The van der Waals surface area contributed by atoms with Gasteiger partial charge in [0.05, 0.1) is 18.1 Å². The predicted molar refractivity (Wildman–Crippen MR) is 166 cm³/mol. The lowest BCUT2D eigenvalue weighted by molar-refractivity contribution is -0.141. The number of aliphatic hydroxyl groups is 1. The molecule has 3 rings (SSSR count). The highest BCUT2D eigenvalue weighted by atomic mass is 16.5. The van der Waals surface area contributed by atoms with Crippen molar-refractivity contribution in [2.45, 2.75) is 117 Å². The predicted octanol–water partition coefficient (Wildman–Crippen LogP) is 8.87.